The molecule has 1 aliphatic rings. The number of esters is 4. The number of hydrogen-bond donors (Lipinski definition) is 0. The second-order valence-corrected chi connectivity index (χ2v) is 4.36. The Balaban J connectivity index is 2.14. The van der Waals surface area contributed by atoms with Crippen molar-refractivity contribution in [3.05, 3.63) is 47.0 Å². The molecule has 0 saturated carbocycles. The van der Waals surface area contributed by atoms with E-state index in [0.29, 0.717) is 5.56 Å². The van der Waals surface area contributed by atoms with Crippen LogP contribution in [-0.4, -0.2) is 37.1 Å². The number of ether oxygens (including phenoxy) is 3. The fourth-order valence-electron chi connectivity index (χ4n) is 1.95. The number of aryl methyl sites for hydroxylation is 1. The summed E-state index contributed by atoms with van der Waals surface area (Å²) in [5.74, 6) is -3.11. The SMILES string of the molecule is C=CC(=O)OCCOC(=O)c1c(C)ccc2c1C(=O)OC2=O. The summed E-state index contributed by atoms with van der Waals surface area (Å²) in [5, 5.41) is 0. The summed E-state index contributed by atoms with van der Waals surface area (Å²) in [6.07, 6.45) is 0.984. The summed E-state index contributed by atoms with van der Waals surface area (Å²) in [6, 6.07) is 2.94. The van der Waals surface area contributed by atoms with Gasteiger partial charge in [-0.25, -0.2) is 19.2 Å². The number of benzene rings is 1. The highest BCUT2D eigenvalue weighted by Gasteiger charge is 2.35. The number of hydrogen-bond acceptors (Lipinski definition) is 7. The predicted molar refractivity (Wildman–Crippen MR) is 72.4 cm³/mol. The summed E-state index contributed by atoms with van der Waals surface area (Å²) in [4.78, 5) is 46.1. The molecule has 0 saturated heterocycles. The van der Waals surface area contributed by atoms with Crippen LogP contribution in [0.25, 0.3) is 0 Å². The molecule has 22 heavy (non-hydrogen) atoms. The quantitative estimate of drug-likeness (QED) is 0.265. The van der Waals surface area contributed by atoms with Crippen LogP contribution in [0.4, 0.5) is 0 Å². The molecule has 0 bridgehead atoms. The minimum absolute atomic E-state index is 0.0246. The van der Waals surface area contributed by atoms with Gasteiger partial charge in [0.25, 0.3) is 0 Å². The monoisotopic (exact) mass is 304 g/mol. The lowest BCUT2D eigenvalue weighted by Gasteiger charge is -2.09. The Morgan fingerprint density at radius 1 is 1.18 bits per heavy atom. The van der Waals surface area contributed by atoms with Crippen molar-refractivity contribution in [3.63, 3.8) is 0 Å². The number of rotatable bonds is 5. The molecule has 7 heteroatoms. The molecule has 0 aromatic heterocycles. The number of carbonyl (C=O) groups is 4. The highest BCUT2D eigenvalue weighted by Crippen LogP contribution is 2.26. The Labute approximate surface area is 125 Å². The molecule has 7 nitrogen and oxygen atoms in total. The molecule has 0 spiro atoms. The van der Waals surface area contributed by atoms with Gasteiger partial charge in [-0.3, -0.25) is 0 Å². The van der Waals surface area contributed by atoms with E-state index in [9.17, 15) is 19.2 Å². The number of cyclic esters (lactones) is 2. The standard InChI is InChI=1S/C15H12O7/c1-3-10(16)20-6-7-21-14(18)11-8(2)4-5-9-12(11)15(19)22-13(9)17/h3-5H,1,6-7H2,2H3. The molecule has 2 rings (SSSR count). The Bertz CT molecular complexity index is 687. The van der Waals surface area contributed by atoms with Gasteiger partial charge in [0.05, 0.1) is 16.7 Å². The van der Waals surface area contributed by atoms with E-state index in [1.165, 1.54) is 12.1 Å². The van der Waals surface area contributed by atoms with Gasteiger partial charge >= 0.3 is 23.9 Å². The Morgan fingerprint density at radius 2 is 1.86 bits per heavy atom. The van der Waals surface area contributed by atoms with Crippen molar-refractivity contribution in [2.24, 2.45) is 0 Å². The molecule has 0 fully saturated rings. The van der Waals surface area contributed by atoms with Gasteiger partial charge in [-0.05, 0) is 18.6 Å². The van der Waals surface area contributed by atoms with Crippen LogP contribution in [0.1, 0.15) is 36.6 Å². The van der Waals surface area contributed by atoms with Crippen LogP contribution >= 0.6 is 0 Å². The second-order valence-electron chi connectivity index (χ2n) is 4.36. The van der Waals surface area contributed by atoms with Crippen molar-refractivity contribution in [2.75, 3.05) is 13.2 Å². The van der Waals surface area contributed by atoms with Crippen LogP contribution in [0, 0.1) is 6.92 Å². The maximum atomic E-state index is 12.1. The van der Waals surface area contributed by atoms with E-state index < -0.39 is 23.9 Å². The maximum absolute atomic E-state index is 12.1. The van der Waals surface area contributed by atoms with Crippen molar-refractivity contribution < 1.29 is 33.4 Å². The lowest BCUT2D eigenvalue weighted by molar-refractivity contribution is -0.138. The normalized spacial score (nSPS) is 12.4. The highest BCUT2D eigenvalue weighted by atomic mass is 16.6. The van der Waals surface area contributed by atoms with Crippen molar-refractivity contribution >= 4 is 23.9 Å². The van der Waals surface area contributed by atoms with Crippen LogP contribution in [0.3, 0.4) is 0 Å². The largest absolute Gasteiger partial charge is 0.459 e. The molecule has 114 valence electrons. The van der Waals surface area contributed by atoms with Crippen LogP contribution in [0.5, 0.6) is 0 Å². The van der Waals surface area contributed by atoms with Gasteiger partial charge in [-0.1, -0.05) is 12.6 Å². The summed E-state index contributed by atoms with van der Waals surface area (Å²) >= 11 is 0. The van der Waals surface area contributed by atoms with E-state index >= 15 is 0 Å². The van der Waals surface area contributed by atoms with Gasteiger partial charge in [0.2, 0.25) is 0 Å². The third-order valence-electron chi connectivity index (χ3n) is 2.95. The van der Waals surface area contributed by atoms with E-state index in [-0.39, 0.29) is 29.9 Å². The fraction of sp³-hybridized carbons (Fsp3) is 0.200. The minimum Gasteiger partial charge on any atom is -0.459 e. The Morgan fingerprint density at radius 3 is 2.55 bits per heavy atom. The zero-order valence-corrected chi connectivity index (χ0v) is 11.7. The van der Waals surface area contributed by atoms with Crippen molar-refractivity contribution in [1.29, 1.82) is 0 Å². The smallest absolute Gasteiger partial charge is 0.347 e. The molecule has 1 aromatic rings. The first-order valence-electron chi connectivity index (χ1n) is 6.32. The zero-order chi connectivity index (χ0) is 16.3. The molecule has 0 unspecified atom stereocenters. The maximum Gasteiger partial charge on any atom is 0.347 e. The molecule has 1 heterocycles. The first-order valence-corrected chi connectivity index (χ1v) is 6.32. The molecule has 1 aliphatic heterocycles. The number of carbonyl (C=O) groups excluding carboxylic acids is 4. The van der Waals surface area contributed by atoms with E-state index in [1.54, 1.807) is 6.92 Å². The Hall–Kier alpha value is -2.96. The van der Waals surface area contributed by atoms with Crippen LogP contribution in [0.15, 0.2) is 24.8 Å². The zero-order valence-electron chi connectivity index (χ0n) is 11.7. The molecular weight excluding hydrogens is 292 g/mol. The first kappa shape index (κ1) is 15.4. The van der Waals surface area contributed by atoms with Gasteiger partial charge in [0, 0.05) is 6.08 Å². The molecule has 0 N–H and O–H groups in total. The lowest BCUT2D eigenvalue weighted by Crippen LogP contribution is -2.16. The Kier molecular flexibility index (Phi) is 4.36. The van der Waals surface area contributed by atoms with Crippen molar-refractivity contribution in [3.8, 4) is 0 Å². The average Bonchev–Trinajstić information content (AvgIpc) is 2.77. The molecule has 0 amide bonds. The lowest BCUT2D eigenvalue weighted by atomic mass is 9.98. The summed E-state index contributed by atoms with van der Waals surface area (Å²) in [5.41, 5.74) is 0.376. The molecular formula is C15H12O7. The molecule has 0 radical (unpaired) electrons. The molecule has 0 aliphatic carbocycles. The predicted octanol–water partition coefficient (Wildman–Crippen LogP) is 1.19. The van der Waals surface area contributed by atoms with Crippen molar-refractivity contribution in [1.82, 2.24) is 0 Å². The molecule has 1 aromatic carbocycles. The van der Waals surface area contributed by atoms with E-state index in [1.807, 2.05) is 0 Å². The van der Waals surface area contributed by atoms with Gasteiger partial charge < -0.3 is 14.2 Å². The number of fused-ring (bicyclic) bond motifs is 1. The summed E-state index contributed by atoms with van der Waals surface area (Å²) in [7, 11) is 0. The van der Waals surface area contributed by atoms with Gasteiger partial charge in [0.15, 0.2) is 0 Å². The molecule has 0 atom stereocenters. The fourth-order valence-corrected chi connectivity index (χ4v) is 1.95. The first-order chi connectivity index (χ1) is 10.5. The van der Waals surface area contributed by atoms with E-state index in [0.717, 1.165) is 6.08 Å². The average molecular weight is 304 g/mol. The highest BCUT2D eigenvalue weighted by molar-refractivity contribution is 6.19. The summed E-state index contributed by atoms with van der Waals surface area (Å²) in [6.45, 7) is 4.49. The van der Waals surface area contributed by atoms with Crippen LogP contribution < -0.4 is 0 Å². The van der Waals surface area contributed by atoms with E-state index in [4.69, 9.17) is 4.74 Å². The van der Waals surface area contributed by atoms with Gasteiger partial charge in [0.1, 0.15) is 13.2 Å². The van der Waals surface area contributed by atoms with Gasteiger partial charge in [-0.2, -0.15) is 0 Å². The topological polar surface area (TPSA) is 96.0 Å². The third-order valence-corrected chi connectivity index (χ3v) is 2.95. The second kappa shape index (κ2) is 6.21. The van der Waals surface area contributed by atoms with Crippen LogP contribution in [-0.2, 0) is 19.0 Å². The van der Waals surface area contributed by atoms with Gasteiger partial charge in [-0.15, -0.1) is 0 Å². The van der Waals surface area contributed by atoms with E-state index in [2.05, 4.69) is 16.1 Å². The third kappa shape index (κ3) is 2.88. The summed E-state index contributed by atoms with van der Waals surface area (Å²) < 4.78 is 14.1. The van der Waals surface area contributed by atoms with Crippen molar-refractivity contribution in [2.45, 2.75) is 6.92 Å². The van der Waals surface area contributed by atoms with Crippen LogP contribution in [0.2, 0.25) is 0 Å². The minimum atomic E-state index is -0.881.